The largest absolute Gasteiger partial charge is 0.462 e. The summed E-state index contributed by atoms with van der Waals surface area (Å²) in [5.74, 6) is -0.912. The molecule has 0 heterocycles. The molecule has 3 aromatic rings. The first-order valence-electron chi connectivity index (χ1n) is 9.84. The lowest BCUT2D eigenvalue weighted by Crippen LogP contribution is -2.13. The number of ether oxygens (including phenoxy) is 1. The highest BCUT2D eigenvalue weighted by molar-refractivity contribution is 6.11. The van der Waals surface area contributed by atoms with E-state index in [1.54, 1.807) is 37.3 Å². The van der Waals surface area contributed by atoms with Gasteiger partial charge in [-0.2, -0.15) is 5.26 Å². The van der Waals surface area contributed by atoms with E-state index in [0.29, 0.717) is 17.9 Å². The number of esters is 1. The maximum atomic E-state index is 12.7. The molecule has 30 heavy (non-hydrogen) atoms. The fourth-order valence-corrected chi connectivity index (χ4v) is 3.80. The van der Waals surface area contributed by atoms with Gasteiger partial charge in [-0.15, -0.1) is 0 Å². The molecule has 5 nitrogen and oxygen atoms in total. The summed E-state index contributed by atoms with van der Waals surface area (Å²) >= 11 is 0. The van der Waals surface area contributed by atoms with Gasteiger partial charge in [-0.1, -0.05) is 30.3 Å². The van der Waals surface area contributed by atoms with Crippen molar-refractivity contribution in [1.29, 1.82) is 5.26 Å². The number of aryl methyl sites for hydroxylation is 2. The lowest BCUT2D eigenvalue weighted by molar-refractivity contribution is -0.112. The number of nitrogens with one attached hydrogen (secondary N) is 1. The minimum Gasteiger partial charge on any atom is -0.462 e. The van der Waals surface area contributed by atoms with Crippen LogP contribution < -0.4 is 5.32 Å². The van der Waals surface area contributed by atoms with Crippen LogP contribution in [0.15, 0.2) is 60.2 Å². The number of amides is 1. The maximum Gasteiger partial charge on any atom is 0.338 e. The SMILES string of the molecule is CCOC(=O)c1ccc(NC(=O)/C(C#N)=C/c2ccc3c4c(cccc24)CC3)cc1. The normalized spacial score (nSPS) is 12.5. The number of carbonyl (C=O) groups excluding carboxylic acids is 2. The Morgan fingerprint density at radius 3 is 2.50 bits per heavy atom. The Morgan fingerprint density at radius 2 is 1.80 bits per heavy atom. The summed E-state index contributed by atoms with van der Waals surface area (Å²) in [7, 11) is 0. The van der Waals surface area contributed by atoms with E-state index < -0.39 is 11.9 Å². The zero-order chi connectivity index (χ0) is 21.1. The number of rotatable bonds is 5. The Balaban J connectivity index is 1.58. The van der Waals surface area contributed by atoms with Crippen LogP contribution in [0.25, 0.3) is 16.8 Å². The topological polar surface area (TPSA) is 79.2 Å². The molecule has 3 aromatic carbocycles. The molecule has 0 aliphatic heterocycles. The fraction of sp³-hybridized carbons (Fsp3) is 0.160. The molecule has 0 unspecified atom stereocenters. The number of hydrogen-bond acceptors (Lipinski definition) is 4. The van der Waals surface area contributed by atoms with E-state index in [2.05, 4.69) is 17.4 Å². The van der Waals surface area contributed by atoms with Gasteiger partial charge in [0.25, 0.3) is 5.91 Å². The van der Waals surface area contributed by atoms with Crippen LogP contribution in [0, 0.1) is 11.3 Å². The van der Waals surface area contributed by atoms with Crippen molar-refractivity contribution in [3.8, 4) is 6.07 Å². The second-order valence-electron chi connectivity index (χ2n) is 7.08. The second-order valence-corrected chi connectivity index (χ2v) is 7.08. The molecule has 4 rings (SSSR count). The standard InChI is InChI=1S/C25H20N2O3/c1-2-30-25(29)18-10-12-21(13-11-18)27-24(28)20(15-26)14-19-9-8-17-7-6-16-4-3-5-22(19)23(16)17/h3-5,8-14H,2,6-7H2,1H3,(H,27,28)/b20-14+. The van der Waals surface area contributed by atoms with E-state index in [4.69, 9.17) is 4.74 Å². The third kappa shape index (κ3) is 3.68. The molecule has 0 radical (unpaired) electrons. The third-order valence-electron chi connectivity index (χ3n) is 5.23. The zero-order valence-corrected chi connectivity index (χ0v) is 16.6. The molecule has 1 aliphatic rings. The van der Waals surface area contributed by atoms with Crippen LogP contribution in [0.5, 0.6) is 0 Å². The van der Waals surface area contributed by atoms with Gasteiger partial charge >= 0.3 is 5.97 Å². The van der Waals surface area contributed by atoms with Crippen molar-refractivity contribution in [3.05, 3.63) is 82.4 Å². The summed E-state index contributed by atoms with van der Waals surface area (Å²) in [5.41, 5.74) is 4.38. The first-order chi connectivity index (χ1) is 14.6. The minimum atomic E-state index is -0.496. The second kappa shape index (κ2) is 8.22. The summed E-state index contributed by atoms with van der Waals surface area (Å²) in [6.45, 7) is 2.04. The van der Waals surface area contributed by atoms with E-state index >= 15 is 0 Å². The Hall–Kier alpha value is -3.91. The molecule has 5 heteroatoms. The first kappa shape index (κ1) is 19.4. The fourth-order valence-electron chi connectivity index (χ4n) is 3.80. The Morgan fingerprint density at radius 1 is 1.07 bits per heavy atom. The van der Waals surface area contributed by atoms with E-state index in [-0.39, 0.29) is 5.57 Å². The van der Waals surface area contributed by atoms with Gasteiger partial charge in [0.05, 0.1) is 12.2 Å². The van der Waals surface area contributed by atoms with Gasteiger partial charge in [-0.25, -0.2) is 4.79 Å². The van der Waals surface area contributed by atoms with Gasteiger partial charge in [0.1, 0.15) is 11.6 Å². The number of hydrogen-bond donors (Lipinski definition) is 1. The molecule has 1 aliphatic carbocycles. The molecular formula is C25H20N2O3. The number of nitrogens with zero attached hydrogens (tertiary/aromatic N) is 1. The van der Waals surface area contributed by atoms with Gasteiger partial charge in [-0.3, -0.25) is 4.79 Å². The number of carbonyl (C=O) groups is 2. The molecule has 148 valence electrons. The van der Waals surface area contributed by atoms with Crippen LogP contribution in [-0.4, -0.2) is 18.5 Å². The zero-order valence-electron chi connectivity index (χ0n) is 16.6. The Labute approximate surface area is 174 Å². The molecule has 1 amide bonds. The van der Waals surface area contributed by atoms with E-state index in [1.165, 1.54) is 16.5 Å². The molecule has 0 aromatic heterocycles. The quantitative estimate of drug-likeness (QED) is 0.386. The lowest BCUT2D eigenvalue weighted by Gasteiger charge is -2.08. The van der Waals surface area contributed by atoms with E-state index in [9.17, 15) is 14.9 Å². The van der Waals surface area contributed by atoms with Crippen LogP contribution in [0.1, 0.15) is 34.0 Å². The highest BCUT2D eigenvalue weighted by Crippen LogP contribution is 2.33. The smallest absolute Gasteiger partial charge is 0.338 e. The molecule has 0 bridgehead atoms. The average molecular weight is 396 g/mol. The summed E-state index contributed by atoms with van der Waals surface area (Å²) in [6.07, 6.45) is 3.67. The summed E-state index contributed by atoms with van der Waals surface area (Å²) in [4.78, 5) is 24.4. The first-order valence-corrected chi connectivity index (χ1v) is 9.84. The van der Waals surface area contributed by atoms with E-state index in [0.717, 1.165) is 23.8 Å². The van der Waals surface area contributed by atoms with Crippen molar-refractivity contribution >= 4 is 34.4 Å². The lowest BCUT2D eigenvalue weighted by atomic mass is 9.98. The average Bonchev–Trinajstić information content (AvgIpc) is 3.19. The Bertz CT molecular complexity index is 1210. The van der Waals surface area contributed by atoms with Crippen molar-refractivity contribution in [3.63, 3.8) is 0 Å². The molecule has 0 atom stereocenters. The number of benzene rings is 3. The minimum absolute atomic E-state index is 0.0168. The van der Waals surface area contributed by atoms with Crippen LogP contribution in [0.3, 0.4) is 0 Å². The van der Waals surface area contributed by atoms with Crippen LogP contribution in [-0.2, 0) is 22.4 Å². The molecular weight excluding hydrogens is 376 g/mol. The maximum absolute atomic E-state index is 12.7. The highest BCUT2D eigenvalue weighted by atomic mass is 16.5. The van der Waals surface area contributed by atoms with Crippen LogP contribution in [0.4, 0.5) is 5.69 Å². The Kier molecular flexibility index (Phi) is 5.32. The molecule has 0 saturated heterocycles. The van der Waals surface area contributed by atoms with Crippen LogP contribution in [0.2, 0.25) is 0 Å². The van der Waals surface area contributed by atoms with Crippen LogP contribution >= 0.6 is 0 Å². The predicted octanol–water partition coefficient (Wildman–Crippen LogP) is 4.66. The van der Waals surface area contributed by atoms with Gasteiger partial charge < -0.3 is 10.1 Å². The van der Waals surface area contributed by atoms with Gasteiger partial charge in [0.2, 0.25) is 0 Å². The van der Waals surface area contributed by atoms with Gasteiger partial charge in [0.15, 0.2) is 0 Å². The van der Waals surface area contributed by atoms with Gasteiger partial charge in [0, 0.05) is 5.69 Å². The van der Waals surface area contributed by atoms with Crippen molar-refractivity contribution < 1.29 is 14.3 Å². The summed E-state index contributed by atoms with van der Waals surface area (Å²) < 4.78 is 4.95. The monoisotopic (exact) mass is 396 g/mol. The number of anilines is 1. The van der Waals surface area contributed by atoms with Crippen molar-refractivity contribution in [2.75, 3.05) is 11.9 Å². The third-order valence-corrected chi connectivity index (χ3v) is 5.23. The number of nitriles is 1. The molecule has 0 saturated carbocycles. The highest BCUT2D eigenvalue weighted by Gasteiger charge is 2.17. The summed E-state index contributed by atoms with van der Waals surface area (Å²) in [6, 6.07) is 18.6. The van der Waals surface area contributed by atoms with Crippen molar-refractivity contribution in [1.82, 2.24) is 0 Å². The summed E-state index contributed by atoms with van der Waals surface area (Å²) in [5, 5.41) is 14.6. The van der Waals surface area contributed by atoms with E-state index in [1.807, 2.05) is 24.3 Å². The molecule has 0 spiro atoms. The van der Waals surface area contributed by atoms with Gasteiger partial charge in [-0.05, 0) is 77.6 Å². The van der Waals surface area contributed by atoms with Crippen molar-refractivity contribution in [2.24, 2.45) is 0 Å². The predicted molar refractivity (Wildman–Crippen MR) is 116 cm³/mol. The van der Waals surface area contributed by atoms with Crippen molar-refractivity contribution in [2.45, 2.75) is 19.8 Å². The molecule has 1 N–H and O–H groups in total. The molecule has 0 fully saturated rings.